The van der Waals surface area contributed by atoms with Gasteiger partial charge in [-0.05, 0) is 43.7 Å². The van der Waals surface area contributed by atoms with Crippen LogP contribution in [-0.4, -0.2) is 13.1 Å². The number of allylic oxidation sites excluding steroid dienone is 1. The maximum absolute atomic E-state index is 2.37. The van der Waals surface area contributed by atoms with Crippen LogP contribution in [0.3, 0.4) is 0 Å². The number of aryl methyl sites for hydroxylation is 1. The lowest BCUT2D eigenvalue weighted by Crippen LogP contribution is -3.00. The summed E-state index contributed by atoms with van der Waals surface area (Å²) in [6.45, 7) is 7.61. The van der Waals surface area contributed by atoms with Crippen molar-refractivity contribution in [1.82, 2.24) is 0 Å². The van der Waals surface area contributed by atoms with Gasteiger partial charge in [0, 0.05) is 42.9 Å². The number of hydrogen-bond donors (Lipinski definition) is 0. The van der Waals surface area contributed by atoms with Crippen LogP contribution in [-0.2, 0) is 6.54 Å². The Kier molecular flexibility index (Phi) is 5.78. The van der Waals surface area contributed by atoms with Crippen molar-refractivity contribution in [2.45, 2.75) is 26.8 Å². The van der Waals surface area contributed by atoms with Crippen molar-refractivity contribution >= 4 is 17.3 Å². The monoisotopic (exact) mass is 358 g/mol. The summed E-state index contributed by atoms with van der Waals surface area (Å²) in [4.78, 5) is 2.37. The van der Waals surface area contributed by atoms with Crippen LogP contribution < -0.4 is 26.4 Å². The van der Waals surface area contributed by atoms with Gasteiger partial charge in [-0.1, -0.05) is 12.1 Å². The lowest BCUT2D eigenvalue weighted by Gasteiger charge is -2.20. The topological polar surface area (TPSA) is 7.12 Å². The first-order chi connectivity index (χ1) is 10.3. The van der Waals surface area contributed by atoms with Gasteiger partial charge < -0.3 is 21.9 Å². The smallest absolute Gasteiger partial charge is 0.208 e. The zero-order valence-corrected chi connectivity index (χ0v) is 14.9. The fourth-order valence-corrected chi connectivity index (χ4v) is 3.05. The molecule has 2 heterocycles. The summed E-state index contributed by atoms with van der Waals surface area (Å²) in [5.74, 6) is 0. The second-order valence-electron chi connectivity index (χ2n) is 5.46. The molecule has 1 aromatic heterocycles. The Labute approximate surface area is 143 Å². The van der Waals surface area contributed by atoms with Crippen molar-refractivity contribution < 1.29 is 21.5 Å². The zero-order valence-electron chi connectivity index (χ0n) is 13.3. The molecular weight excluding hydrogens is 336 g/mol. The predicted molar refractivity (Wildman–Crippen MR) is 89.1 cm³/mol. The van der Waals surface area contributed by atoms with Crippen LogP contribution in [0.15, 0.2) is 48.7 Å². The van der Waals surface area contributed by atoms with E-state index in [2.05, 4.69) is 78.1 Å². The van der Waals surface area contributed by atoms with Crippen LogP contribution >= 0.6 is 0 Å². The standard InChI is InChI=1S/C19H23N2.BrH/c1-3-20(4-2)18-10-8-16(9-11-18)15-17-12-14-21-13-6-5-7-19(17)21;/h5-11,13,15H,3-4,12,14H2,1-2H3;1H/q+1;/p-1. The van der Waals surface area contributed by atoms with E-state index in [1.807, 2.05) is 0 Å². The molecule has 0 fully saturated rings. The molecule has 116 valence electrons. The van der Waals surface area contributed by atoms with Gasteiger partial charge >= 0.3 is 0 Å². The first-order valence-electron chi connectivity index (χ1n) is 7.86. The van der Waals surface area contributed by atoms with Crippen LogP contribution in [0.4, 0.5) is 5.69 Å². The number of rotatable bonds is 4. The summed E-state index contributed by atoms with van der Waals surface area (Å²) >= 11 is 0. The minimum atomic E-state index is 0. The van der Waals surface area contributed by atoms with Gasteiger partial charge in [-0.25, -0.2) is 0 Å². The van der Waals surface area contributed by atoms with Gasteiger partial charge in [-0.3, -0.25) is 0 Å². The van der Waals surface area contributed by atoms with Gasteiger partial charge in [0.1, 0.15) is 0 Å². The summed E-state index contributed by atoms with van der Waals surface area (Å²) in [7, 11) is 0. The molecule has 0 saturated heterocycles. The number of nitrogens with zero attached hydrogens (tertiary/aromatic N) is 2. The summed E-state index contributed by atoms with van der Waals surface area (Å²) in [6.07, 6.45) is 5.62. The SMILES string of the molecule is CCN(CC)c1ccc(/C=C2\CC[n+]3ccccc32)cc1.[Br-]. The van der Waals surface area contributed by atoms with Crippen molar-refractivity contribution in [1.29, 1.82) is 0 Å². The molecule has 0 aliphatic carbocycles. The second-order valence-corrected chi connectivity index (χ2v) is 5.46. The molecule has 0 N–H and O–H groups in total. The average Bonchev–Trinajstić information content (AvgIpc) is 2.93. The molecule has 1 aliphatic heterocycles. The van der Waals surface area contributed by atoms with Crippen molar-refractivity contribution in [3.8, 4) is 0 Å². The molecule has 2 aromatic rings. The summed E-state index contributed by atoms with van der Waals surface area (Å²) < 4.78 is 2.33. The van der Waals surface area contributed by atoms with Gasteiger partial charge in [0.25, 0.3) is 0 Å². The van der Waals surface area contributed by atoms with Gasteiger partial charge in [-0.15, -0.1) is 0 Å². The van der Waals surface area contributed by atoms with Gasteiger partial charge in [0.2, 0.25) is 5.69 Å². The molecule has 3 heteroatoms. The third-order valence-corrected chi connectivity index (χ3v) is 4.25. The Morgan fingerprint density at radius 2 is 1.77 bits per heavy atom. The molecule has 0 atom stereocenters. The van der Waals surface area contributed by atoms with Crippen molar-refractivity contribution in [2.24, 2.45) is 0 Å². The largest absolute Gasteiger partial charge is 1.00 e. The first kappa shape index (κ1) is 16.8. The normalized spacial score (nSPS) is 14.5. The molecule has 1 aliphatic rings. The van der Waals surface area contributed by atoms with Crippen LogP contribution in [0.2, 0.25) is 0 Å². The van der Waals surface area contributed by atoms with E-state index in [1.165, 1.54) is 22.5 Å². The Balaban J connectivity index is 0.00000176. The molecule has 0 radical (unpaired) electrons. The molecule has 22 heavy (non-hydrogen) atoms. The summed E-state index contributed by atoms with van der Waals surface area (Å²) in [5, 5.41) is 0. The Hall–Kier alpha value is -1.61. The van der Waals surface area contributed by atoms with E-state index >= 15 is 0 Å². The Bertz CT molecular complexity index is 643. The summed E-state index contributed by atoms with van der Waals surface area (Å²) in [5.41, 5.74) is 5.39. The fourth-order valence-electron chi connectivity index (χ4n) is 3.05. The van der Waals surface area contributed by atoms with Crippen molar-refractivity contribution in [3.63, 3.8) is 0 Å². The minimum absolute atomic E-state index is 0. The lowest BCUT2D eigenvalue weighted by atomic mass is 10.1. The molecule has 0 spiro atoms. The van der Waals surface area contributed by atoms with Gasteiger partial charge in [0.05, 0.1) is 0 Å². The second kappa shape index (κ2) is 7.59. The highest BCUT2D eigenvalue weighted by atomic mass is 79.9. The molecular formula is C19H23BrN2. The van der Waals surface area contributed by atoms with Gasteiger partial charge in [-0.2, -0.15) is 4.57 Å². The van der Waals surface area contributed by atoms with E-state index in [9.17, 15) is 0 Å². The molecule has 0 unspecified atom stereocenters. The highest BCUT2D eigenvalue weighted by molar-refractivity contribution is 5.79. The number of hydrogen-bond acceptors (Lipinski definition) is 1. The molecule has 2 nitrogen and oxygen atoms in total. The maximum atomic E-state index is 2.37. The van der Waals surface area contributed by atoms with Crippen LogP contribution in [0, 0.1) is 0 Å². The quantitative estimate of drug-likeness (QED) is 0.732. The molecule has 0 bridgehead atoms. The van der Waals surface area contributed by atoms with E-state index in [4.69, 9.17) is 0 Å². The van der Waals surface area contributed by atoms with Crippen LogP contribution in [0.5, 0.6) is 0 Å². The van der Waals surface area contributed by atoms with Crippen LogP contribution in [0.25, 0.3) is 11.6 Å². The number of anilines is 1. The zero-order chi connectivity index (χ0) is 14.7. The lowest BCUT2D eigenvalue weighted by molar-refractivity contribution is -0.689. The van der Waals surface area contributed by atoms with Crippen molar-refractivity contribution in [2.75, 3.05) is 18.0 Å². The van der Waals surface area contributed by atoms with Gasteiger partial charge in [0.15, 0.2) is 12.7 Å². The Morgan fingerprint density at radius 3 is 2.45 bits per heavy atom. The number of halogens is 1. The first-order valence-corrected chi connectivity index (χ1v) is 7.86. The number of fused-ring (bicyclic) bond motifs is 1. The maximum Gasteiger partial charge on any atom is 0.208 e. The third-order valence-electron chi connectivity index (χ3n) is 4.25. The van der Waals surface area contributed by atoms with E-state index in [0.29, 0.717) is 0 Å². The molecule has 3 rings (SSSR count). The minimum Gasteiger partial charge on any atom is -1.00 e. The highest BCUT2D eigenvalue weighted by Gasteiger charge is 2.22. The summed E-state index contributed by atoms with van der Waals surface area (Å²) in [6, 6.07) is 15.3. The number of benzene rings is 1. The number of aromatic nitrogens is 1. The molecule has 0 amide bonds. The number of pyridine rings is 1. The predicted octanol–water partition coefficient (Wildman–Crippen LogP) is 0.769. The molecule has 1 aromatic carbocycles. The van der Waals surface area contributed by atoms with E-state index in [-0.39, 0.29) is 17.0 Å². The fraction of sp³-hybridized carbons (Fsp3) is 0.316. The van der Waals surface area contributed by atoms with E-state index < -0.39 is 0 Å². The Morgan fingerprint density at radius 1 is 1.05 bits per heavy atom. The van der Waals surface area contributed by atoms with E-state index in [0.717, 1.165) is 26.1 Å². The third kappa shape index (κ3) is 3.41. The van der Waals surface area contributed by atoms with Crippen molar-refractivity contribution in [3.05, 3.63) is 59.9 Å². The highest BCUT2D eigenvalue weighted by Crippen LogP contribution is 2.24. The average molecular weight is 359 g/mol. The van der Waals surface area contributed by atoms with E-state index in [1.54, 1.807) is 0 Å². The van der Waals surface area contributed by atoms with Crippen LogP contribution in [0.1, 0.15) is 31.5 Å². The molecule has 0 saturated carbocycles.